The molecule has 1 aliphatic rings. The van der Waals surface area contributed by atoms with Gasteiger partial charge in [0.2, 0.25) is 0 Å². The second kappa shape index (κ2) is 6.86. The summed E-state index contributed by atoms with van der Waals surface area (Å²) in [5.41, 5.74) is 0.811. The van der Waals surface area contributed by atoms with Crippen LogP contribution in [0, 0.1) is 0 Å². The van der Waals surface area contributed by atoms with Crippen LogP contribution in [-0.4, -0.2) is 40.0 Å². The third-order valence-corrected chi connectivity index (χ3v) is 4.52. The number of aromatic nitrogens is 2. The number of hydrogen-bond donors (Lipinski definition) is 0. The number of ether oxygens (including phenoxy) is 1. The third kappa shape index (κ3) is 3.90. The molecule has 0 saturated carbocycles. The second-order valence-electron chi connectivity index (χ2n) is 5.36. The Morgan fingerprint density at radius 2 is 2.12 bits per heavy atom. The molecule has 0 aromatic carbocycles. The fourth-order valence-electron chi connectivity index (χ4n) is 2.41. The first kappa shape index (κ1) is 16.8. The summed E-state index contributed by atoms with van der Waals surface area (Å²) in [6, 6.07) is 3.68. The van der Waals surface area contributed by atoms with Crippen LogP contribution in [0.25, 0.3) is 0 Å². The first-order valence-electron chi connectivity index (χ1n) is 7.26. The summed E-state index contributed by atoms with van der Waals surface area (Å²) in [5.74, 6) is -0.489. The molecule has 0 aliphatic carbocycles. The molecular formula is C15H14F3N3O2S. The van der Waals surface area contributed by atoms with Crippen LogP contribution in [0.5, 0.6) is 0 Å². The van der Waals surface area contributed by atoms with E-state index in [1.54, 1.807) is 12.4 Å². The maximum absolute atomic E-state index is 12.6. The minimum atomic E-state index is -4.52. The molecule has 128 valence electrons. The van der Waals surface area contributed by atoms with Gasteiger partial charge < -0.3 is 9.64 Å². The molecule has 3 rings (SSSR count). The van der Waals surface area contributed by atoms with E-state index in [0.29, 0.717) is 37.5 Å². The molecule has 0 spiro atoms. The summed E-state index contributed by atoms with van der Waals surface area (Å²) in [5, 5.41) is 0.145. The van der Waals surface area contributed by atoms with Crippen molar-refractivity contribution in [1.29, 1.82) is 0 Å². The SMILES string of the molecule is O=C(c1csc(C(F)(F)F)n1)N1CCC(OCc2ccncc2)C1. The number of likely N-dealkylation sites (tertiary alicyclic amines) is 1. The maximum atomic E-state index is 12.6. The van der Waals surface area contributed by atoms with Gasteiger partial charge in [-0.2, -0.15) is 13.2 Å². The van der Waals surface area contributed by atoms with Crippen molar-refractivity contribution in [3.63, 3.8) is 0 Å². The quantitative estimate of drug-likeness (QED) is 0.844. The standard InChI is InChI=1S/C15H14F3N3O2S/c16-15(17,18)14-20-12(9-24-14)13(22)21-6-3-11(7-21)23-8-10-1-4-19-5-2-10/h1-2,4-5,9,11H,3,6-8H2. The lowest BCUT2D eigenvalue weighted by molar-refractivity contribution is -0.137. The van der Waals surface area contributed by atoms with E-state index in [1.807, 2.05) is 12.1 Å². The highest BCUT2D eigenvalue weighted by Gasteiger charge is 2.36. The van der Waals surface area contributed by atoms with E-state index in [2.05, 4.69) is 9.97 Å². The van der Waals surface area contributed by atoms with Gasteiger partial charge in [0, 0.05) is 30.9 Å². The van der Waals surface area contributed by atoms with Gasteiger partial charge in [-0.05, 0) is 24.1 Å². The van der Waals surface area contributed by atoms with Crippen LogP contribution in [0.1, 0.15) is 27.5 Å². The highest BCUT2D eigenvalue weighted by Crippen LogP contribution is 2.32. The van der Waals surface area contributed by atoms with Crippen molar-refractivity contribution in [2.24, 2.45) is 0 Å². The van der Waals surface area contributed by atoms with Crippen LogP contribution in [-0.2, 0) is 17.5 Å². The molecule has 1 unspecified atom stereocenters. The lowest BCUT2D eigenvalue weighted by Gasteiger charge is -2.15. The number of rotatable bonds is 4. The molecule has 1 atom stereocenters. The van der Waals surface area contributed by atoms with E-state index >= 15 is 0 Å². The number of halogens is 3. The predicted molar refractivity (Wildman–Crippen MR) is 80.5 cm³/mol. The molecule has 1 amide bonds. The third-order valence-electron chi connectivity index (χ3n) is 3.63. The Kier molecular flexibility index (Phi) is 4.81. The Bertz CT molecular complexity index is 705. The van der Waals surface area contributed by atoms with Gasteiger partial charge in [-0.15, -0.1) is 11.3 Å². The molecule has 1 saturated heterocycles. The molecule has 2 aromatic rings. The molecule has 24 heavy (non-hydrogen) atoms. The summed E-state index contributed by atoms with van der Waals surface area (Å²) >= 11 is 0.431. The molecule has 1 fully saturated rings. The number of alkyl halides is 3. The number of hydrogen-bond acceptors (Lipinski definition) is 5. The Morgan fingerprint density at radius 1 is 1.38 bits per heavy atom. The monoisotopic (exact) mass is 357 g/mol. The van der Waals surface area contributed by atoms with Crippen molar-refractivity contribution in [3.8, 4) is 0 Å². The van der Waals surface area contributed by atoms with Crippen molar-refractivity contribution >= 4 is 17.2 Å². The maximum Gasteiger partial charge on any atom is 0.443 e. The summed E-state index contributed by atoms with van der Waals surface area (Å²) in [4.78, 5) is 21.0. The lowest BCUT2D eigenvalue weighted by Crippen LogP contribution is -2.30. The van der Waals surface area contributed by atoms with Crippen molar-refractivity contribution in [3.05, 3.63) is 46.2 Å². The van der Waals surface area contributed by atoms with E-state index in [0.717, 1.165) is 10.9 Å². The van der Waals surface area contributed by atoms with Crippen LogP contribution >= 0.6 is 11.3 Å². The summed E-state index contributed by atoms with van der Waals surface area (Å²) in [7, 11) is 0. The van der Waals surface area contributed by atoms with Crippen LogP contribution in [0.2, 0.25) is 0 Å². The van der Waals surface area contributed by atoms with Crippen LogP contribution < -0.4 is 0 Å². The van der Waals surface area contributed by atoms with Gasteiger partial charge in [0.25, 0.3) is 5.91 Å². The molecule has 0 radical (unpaired) electrons. The Hall–Kier alpha value is -2.00. The fraction of sp³-hybridized carbons (Fsp3) is 0.400. The number of pyridine rings is 1. The Balaban J connectivity index is 1.55. The smallest absolute Gasteiger partial charge is 0.372 e. The normalized spacial score (nSPS) is 18.1. The van der Waals surface area contributed by atoms with Crippen molar-refractivity contribution < 1.29 is 22.7 Å². The number of thiazole rings is 1. The highest BCUT2D eigenvalue weighted by atomic mass is 32.1. The fourth-order valence-corrected chi connectivity index (χ4v) is 3.07. The van der Waals surface area contributed by atoms with Crippen LogP contribution in [0.4, 0.5) is 13.2 Å². The molecule has 1 aliphatic heterocycles. The molecule has 9 heteroatoms. The van der Waals surface area contributed by atoms with Gasteiger partial charge in [0.1, 0.15) is 5.69 Å². The van der Waals surface area contributed by atoms with E-state index in [9.17, 15) is 18.0 Å². The average molecular weight is 357 g/mol. The van der Waals surface area contributed by atoms with Gasteiger partial charge >= 0.3 is 6.18 Å². The van der Waals surface area contributed by atoms with Gasteiger partial charge in [0.15, 0.2) is 5.01 Å². The molecule has 0 bridgehead atoms. The number of nitrogens with zero attached hydrogens (tertiary/aromatic N) is 3. The Morgan fingerprint density at radius 3 is 2.79 bits per heavy atom. The van der Waals surface area contributed by atoms with Gasteiger partial charge in [-0.3, -0.25) is 9.78 Å². The zero-order valence-electron chi connectivity index (χ0n) is 12.5. The van der Waals surface area contributed by atoms with Gasteiger partial charge in [-0.25, -0.2) is 4.98 Å². The highest BCUT2D eigenvalue weighted by molar-refractivity contribution is 7.09. The van der Waals surface area contributed by atoms with Crippen molar-refractivity contribution in [1.82, 2.24) is 14.9 Å². The van der Waals surface area contributed by atoms with E-state index < -0.39 is 17.1 Å². The van der Waals surface area contributed by atoms with Gasteiger partial charge in [-0.1, -0.05) is 0 Å². The molecule has 3 heterocycles. The zero-order valence-corrected chi connectivity index (χ0v) is 13.3. The summed E-state index contributed by atoms with van der Waals surface area (Å²) < 4.78 is 43.4. The number of carbonyl (C=O) groups is 1. The van der Waals surface area contributed by atoms with E-state index in [1.165, 1.54) is 4.90 Å². The zero-order chi connectivity index (χ0) is 17.2. The molecule has 0 N–H and O–H groups in total. The number of carbonyl (C=O) groups excluding carboxylic acids is 1. The molecule has 2 aromatic heterocycles. The van der Waals surface area contributed by atoms with E-state index in [4.69, 9.17) is 4.74 Å². The molecule has 5 nitrogen and oxygen atoms in total. The topological polar surface area (TPSA) is 55.3 Å². The van der Waals surface area contributed by atoms with Gasteiger partial charge in [0.05, 0.1) is 12.7 Å². The first-order chi connectivity index (χ1) is 11.4. The number of amides is 1. The largest absolute Gasteiger partial charge is 0.443 e. The van der Waals surface area contributed by atoms with Crippen LogP contribution in [0.3, 0.4) is 0 Å². The minimum absolute atomic E-state index is 0.136. The predicted octanol–water partition coefficient (Wildman–Crippen LogP) is 2.99. The van der Waals surface area contributed by atoms with Crippen molar-refractivity contribution in [2.45, 2.75) is 25.3 Å². The van der Waals surface area contributed by atoms with Crippen molar-refractivity contribution in [2.75, 3.05) is 13.1 Å². The molecular weight excluding hydrogens is 343 g/mol. The lowest BCUT2D eigenvalue weighted by atomic mass is 10.3. The van der Waals surface area contributed by atoms with Crippen LogP contribution in [0.15, 0.2) is 29.9 Å². The minimum Gasteiger partial charge on any atom is -0.372 e. The van der Waals surface area contributed by atoms with E-state index in [-0.39, 0.29) is 11.8 Å². The first-order valence-corrected chi connectivity index (χ1v) is 8.14. The average Bonchev–Trinajstić information content (AvgIpc) is 3.22. The summed E-state index contributed by atoms with van der Waals surface area (Å²) in [6.07, 6.45) is -0.673. The second-order valence-corrected chi connectivity index (χ2v) is 6.22. The Labute approximate surface area is 140 Å². The summed E-state index contributed by atoms with van der Waals surface area (Å²) in [6.45, 7) is 1.20.